The van der Waals surface area contributed by atoms with Crippen LogP contribution in [0.1, 0.15) is 54.4 Å². The third-order valence-corrected chi connectivity index (χ3v) is 7.55. The molecule has 2 heterocycles. The summed E-state index contributed by atoms with van der Waals surface area (Å²) in [6.07, 6.45) is 6.41. The number of rotatable bonds is 7. The Balaban J connectivity index is 1.35. The molecule has 1 amide bonds. The number of nitrogens with one attached hydrogen (secondary N) is 1. The van der Waals surface area contributed by atoms with Crippen LogP contribution in [0.5, 0.6) is 0 Å². The number of aromatic amines is 1. The summed E-state index contributed by atoms with van der Waals surface area (Å²) in [6.45, 7) is 3.73. The van der Waals surface area contributed by atoms with Gasteiger partial charge in [0.2, 0.25) is 5.91 Å². The van der Waals surface area contributed by atoms with E-state index in [-0.39, 0.29) is 17.6 Å². The van der Waals surface area contributed by atoms with Crippen molar-refractivity contribution in [1.29, 1.82) is 0 Å². The Labute approximate surface area is 207 Å². The summed E-state index contributed by atoms with van der Waals surface area (Å²) in [5.41, 5.74) is 5.64. The number of fused-ring (bicyclic) bond motifs is 1. The zero-order valence-electron chi connectivity index (χ0n) is 20.3. The molecule has 3 aromatic carbocycles. The van der Waals surface area contributed by atoms with Crippen molar-refractivity contribution in [3.63, 3.8) is 0 Å². The lowest BCUT2D eigenvalue weighted by molar-refractivity contribution is -0.132. The third-order valence-electron chi connectivity index (χ3n) is 7.55. The number of amides is 1. The fourth-order valence-electron chi connectivity index (χ4n) is 5.59. The average Bonchev–Trinajstić information content (AvgIpc) is 3.32. The fraction of sp³-hybridized carbons (Fsp3) is 0.323. The van der Waals surface area contributed by atoms with Crippen LogP contribution < -0.4 is 0 Å². The van der Waals surface area contributed by atoms with E-state index >= 15 is 0 Å². The van der Waals surface area contributed by atoms with E-state index in [2.05, 4.69) is 60.4 Å². The smallest absolute Gasteiger partial charge is 0.223 e. The predicted octanol–water partition coefficient (Wildman–Crippen LogP) is 6.87. The molecule has 1 aromatic heterocycles. The number of benzene rings is 3. The van der Waals surface area contributed by atoms with E-state index in [0.717, 1.165) is 60.8 Å². The Hall–Kier alpha value is -3.40. The summed E-state index contributed by atoms with van der Waals surface area (Å²) in [5, 5.41) is 1.12. The molecule has 5 rings (SSSR count). The summed E-state index contributed by atoms with van der Waals surface area (Å²) >= 11 is 0. The minimum Gasteiger partial charge on any atom is -0.361 e. The van der Waals surface area contributed by atoms with Crippen LogP contribution in [0.2, 0.25) is 0 Å². The standard InChI is InChI=1S/C31H33FN2O/c1-2-24-10-7-13-27-29(21-33-31(24)27)28(25-11-6-12-26(32)19-25)20-30(35)34-16-14-23(15-17-34)18-22-8-4-3-5-9-22/h3-13,19,21,23,28,33H,2,14-18,20H2,1H3. The van der Waals surface area contributed by atoms with E-state index in [9.17, 15) is 9.18 Å². The predicted molar refractivity (Wildman–Crippen MR) is 140 cm³/mol. The normalized spacial score (nSPS) is 15.4. The zero-order valence-corrected chi connectivity index (χ0v) is 20.3. The monoisotopic (exact) mass is 468 g/mol. The molecule has 0 aliphatic carbocycles. The average molecular weight is 469 g/mol. The number of hydrogen-bond donors (Lipinski definition) is 1. The van der Waals surface area contributed by atoms with Crippen LogP contribution in [0.25, 0.3) is 10.9 Å². The minimum atomic E-state index is -0.268. The lowest BCUT2D eigenvalue weighted by Gasteiger charge is -2.33. The lowest BCUT2D eigenvalue weighted by Crippen LogP contribution is -2.39. The highest BCUT2D eigenvalue weighted by atomic mass is 19.1. The van der Waals surface area contributed by atoms with Crippen molar-refractivity contribution in [2.75, 3.05) is 13.1 Å². The number of carbonyl (C=O) groups excluding carboxylic acids is 1. The van der Waals surface area contributed by atoms with E-state index in [0.29, 0.717) is 12.3 Å². The van der Waals surface area contributed by atoms with Gasteiger partial charge in [-0.2, -0.15) is 0 Å². The van der Waals surface area contributed by atoms with Crippen LogP contribution >= 0.6 is 0 Å². The highest BCUT2D eigenvalue weighted by Crippen LogP contribution is 2.36. The van der Waals surface area contributed by atoms with Gasteiger partial charge in [0.1, 0.15) is 5.82 Å². The third kappa shape index (κ3) is 5.17. The summed E-state index contributed by atoms with van der Waals surface area (Å²) < 4.78 is 14.2. The summed E-state index contributed by atoms with van der Waals surface area (Å²) in [6, 6.07) is 23.6. The first-order chi connectivity index (χ1) is 17.1. The van der Waals surface area contributed by atoms with Crippen LogP contribution in [0, 0.1) is 11.7 Å². The maximum atomic E-state index is 14.2. The Morgan fingerprint density at radius 3 is 2.54 bits per heavy atom. The molecule has 3 nitrogen and oxygen atoms in total. The Bertz CT molecular complexity index is 1290. The van der Waals surface area contributed by atoms with Crippen LogP contribution in [0.15, 0.2) is 79.0 Å². The van der Waals surface area contributed by atoms with Gasteiger partial charge >= 0.3 is 0 Å². The van der Waals surface area contributed by atoms with Crippen molar-refractivity contribution < 1.29 is 9.18 Å². The number of carbonyl (C=O) groups is 1. The van der Waals surface area contributed by atoms with E-state index < -0.39 is 0 Å². The molecule has 0 saturated carbocycles. The van der Waals surface area contributed by atoms with Gasteiger partial charge in [-0.1, -0.05) is 67.6 Å². The van der Waals surface area contributed by atoms with E-state index in [1.54, 1.807) is 12.1 Å². The Morgan fingerprint density at radius 1 is 1.03 bits per heavy atom. The van der Waals surface area contributed by atoms with Crippen LogP contribution in [-0.4, -0.2) is 28.9 Å². The van der Waals surface area contributed by atoms with Gasteiger partial charge in [-0.25, -0.2) is 4.39 Å². The Morgan fingerprint density at radius 2 is 1.80 bits per heavy atom. The number of aryl methyl sites for hydroxylation is 1. The molecule has 1 atom stereocenters. The summed E-state index contributed by atoms with van der Waals surface area (Å²) in [7, 11) is 0. The molecule has 1 aliphatic rings. The second kappa shape index (κ2) is 10.5. The van der Waals surface area contributed by atoms with Gasteiger partial charge in [0.05, 0.1) is 0 Å². The molecule has 1 N–H and O–H groups in total. The lowest BCUT2D eigenvalue weighted by atomic mass is 9.86. The molecule has 4 aromatic rings. The molecule has 0 bridgehead atoms. The van der Waals surface area contributed by atoms with Crippen molar-refractivity contribution in [3.05, 3.63) is 107 Å². The van der Waals surface area contributed by atoms with Gasteiger partial charge in [-0.15, -0.1) is 0 Å². The maximum Gasteiger partial charge on any atom is 0.223 e. The van der Waals surface area contributed by atoms with E-state index in [4.69, 9.17) is 0 Å². The summed E-state index contributed by atoms with van der Waals surface area (Å²) in [5.74, 6) is 0.303. The van der Waals surface area contributed by atoms with Crippen LogP contribution in [-0.2, 0) is 17.6 Å². The van der Waals surface area contributed by atoms with E-state index in [1.165, 1.54) is 17.2 Å². The number of H-pyrrole nitrogens is 1. The van der Waals surface area contributed by atoms with Gasteiger partial charge in [0.25, 0.3) is 0 Å². The van der Waals surface area contributed by atoms with Crippen molar-refractivity contribution in [1.82, 2.24) is 9.88 Å². The van der Waals surface area contributed by atoms with Gasteiger partial charge in [-0.05, 0) is 66.0 Å². The number of aromatic nitrogens is 1. The molecule has 35 heavy (non-hydrogen) atoms. The highest BCUT2D eigenvalue weighted by Gasteiger charge is 2.28. The van der Waals surface area contributed by atoms with Crippen molar-refractivity contribution in [3.8, 4) is 0 Å². The first kappa shape index (κ1) is 23.3. The van der Waals surface area contributed by atoms with E-state index in [1.807, 2.05) is 17.2 Å². The number of likely N-dealkylation sites (tertiary alicyclic amines) is 1. The molecule has 0 spiro atoms. The van der Waals surface area contributed by atoms with Gasteiger partial charge in [-0.3, -0.25) is 4.79 Å². The van der Waals surface area contributed by atoms with Crippen molar-refractivity contribution in [2.24, 2.45) is 5.92 Å². The largest absolute Gasteiger partial charge is 0.361 e. The molecule has 1 aliphatic heterocycles. The summed E-state index contributed by atoms with van der Waals surface area (Å²) in [4.78, 5) is 19.0. The van der Waals surface area contributed by atoms with Gasteiger partial charge in [0.15, 0.2) is 0 Å². The number of nitrogens with zero attached hydrogens (tertiary/aromatic N) is 1. The number of para-hydroxylation sites is 1. The zero-order chi connectivity index (χ0) is 24.2. The molecule has 1 unspecified atom stereocenters. The molecule has 1 fully saturated rings. The number of halogens is 1. The van der Waals surface area contributed by atoms with Crippen molar-refractivity contribution >= 4 is 16.8 Å². The maximum absolute atomic E-state index is 14.2. The molecule has 1 saturated heterocycles. The topological polar surface area (TPSA) is 36.1 Å². The second-order valence-electron chi connectivity index (χ2n) is 9.76. The fourth-order valence-corrected chi connectivity index (χ4v) is 5.59. The van der Waals surface area contributed by atoms with Crippen LogP contribution in [0.3, 0.4) is 0 Å². The van der Waals surface area contributed by atoms with Crippen molar-refractivity contribution in [2.45, 2.75) is 44.9 Å². The molecular weight excluding hydrogens is 435 g/mol. The second-order valence-corrected chi connectivity index (χ2v) is 9.76. The van der Waals surface area contributed by atoms with Gasteiger partial charge in [0, 0.05) is 42.5 Å². The Kier molecular flexibility index (Phi) is 6.98. The minimum absolute atomic E-state index is 0.151. The number of piperidine rings is 1. The first-order valence-electron chi connectivity index (χ1n) is 12.8. The molecule has 0 radical (unpaired) electrons. The molecular formula is C31H33FN2O. The van der Waals surface area contributed by atoms with Gasteiger partial charge < -0.3 is 9.88 Å². The van der Waals surface area contributed by atoms with Crippen LogP contribution in [0.4, 0.5) is 4.39 Å². The number of hydrogen-bond acceptors (Lipinski definition) is 1. The quantitative estimate of drug-likeness (QED) is 0.316. The molecule has 4 heteroatoms. The SMILES string of the molecule is CCc1cccc2c(C(CC(=O)N3CCC(Cc4ccccc4)CC3)c3cccc(F)c3)c[nH]c12. The molecule has 180 valence electrons. The highest BCUT2D eigenvalue weighted by molar-refractivity contribution is 5.88. The first-order valence-corrected chi connectivity index (χ1v) is 12.8.